The van der Waals surface area contributed by atoms with E-state index in [1.54, 1.807) is 6.92 Å². The molecular weight excluding hydrogens is 508 g/mol. The topological polar surface area (TPSA) is 114 Å². The van der Waals surface area contributed by atoms with Gasteiger partial charge in [0.25, 0.3) is 0 Å². The van der Waals surface area contributed by atoms with Gasteiger partial charge in [-0.1, -0.05) is 85.3 Å². The summed E-state index contributed by atoms with van der Waals surface area (Å²) in [5, 5.41) is 15.3. The molecule has 0 saturated heterocycles. The molecule has 0 heterocycles. The second-order valence-electron chi connectivity index (χ2n) is 10.4. The van der Waals surface area contributed by atoms with Crippen LogP contribution in [0.15, 0.2) is 78.9 Å². The SMILES string of the molecule is C[C@H](OCc1ccccc1)[C@@H](NC(=O)[C@H]1CCC[C@H]1NC(=O)OCC1c2ccccc2-c2ccccc21)C(=O)O. The molecule has 3 aromatic carbocycles. The summed E-state index contributed by atoms with van der Waals surface area (Å²) in [6.07, 6.45) is 0.563. The first-order valence-corrected chi connectivity index (χ1v) is 13.7. The van der Waals surface area contributed by atoms with Crippen molar-refractivity contribution in [1.29, 1.82) is 0 Å². The molecule has 4 atom stereocenters. The summed E-state index contributed by atoms with van der Waals surface area (Å²) < 4.78 is 11.4. The fraction of sp³-hybridized carbons (Fsp3) is 0.344. The average molecular weight is 543 g/mol. The van der Waals surface area contributed by atoms with E-state index < -0.39 is 42.1 Å². The molecule has 8 heteroatoms. The maximum Gasteiger partial charge on any atom is 0.407 e. The molecule has 40 heavy (non-hydrogen) atoms. The number of benzene rings is 3. The van der Waals surface area contributed by atoms with Crippen LogP contribution in [0.25, 0.3) is 11.1 Å². The Bertz CT molecular complexity index is 1310. The summed E-state index contributed by atoms with van der Waals surface area (Å²) in [5.41, 5.74) is 5.45. The van der Waals surface area contributed by atoms with Gasteiger partial charge in [-0.3, -0.25) is 4.79 Å². The van der Waals surface area contributed by atoms with Crippen LogP contribution < -0.4 is 10.6 Å². The highest BCUT2D eigenvalue weighted by Crippen LogP contribution is 2.44. The fourth-order valence-electron chi connectivity index (χ4n) is 5.78. The van der Waals surface area contributed by atoms with Crippen LogP contribution in [0.5, 0.6) is 0 Å². The Kier molecular flexibility index (Phi) is 8.45. The molecule has 2 amide bonds. The molecule has 2 aliphatic rings. The molecule has 1 saturated carbocycles. The van der Waals surface area contributed by atoms with E-state index in [0.717, 1.165) is 34.2 Å². The van der Waals surface area contributed by atoms with Gasteiger partial charge in [0.05, 0.1) is 18.6 Å². The van der Waals surface area contributed by atoms with Gasteiger partial charge in [0.2, 0.25) is 5.91 Å². The van der Waals surface area contributed by atoms with Crippen molar-refractivity contribution in [3.63, 3.8) is 0 Å². The van der Waals surface area contributed by atoms with E-state index in [9.17, 15) is 19.5 Å². The van der Waals surface area contributed by atoms with Crippen molar-refractivity contribution in [2.75, 3.05) is 6.61 Å². The zero-order chi connectivity index (χ0) is 28.1. The molecule has 0 bridgehead atoms. The van der Waals surface area contributed by atoms with Crippen molar-refractivity contribution in [2.24, 2.45) is 5.92 Å². The third kappa shape index (κ3) is 6.02. The Morgan fingerprint density at radius 3 is 2.17 bits per heavy atom. The number of nitrogens with one attached hydrogen (secondary N) is 2. The standard InChI is InChI=1S/C32H34N2O6/c1-20(39-18-21-10-3-2-4-11-21)29(31(36)37)34-30(35)26-16-9-17-28(26)33-32(38)40-19-27-24-14-7-5-12-22(24)23-13-6-8-15-25(23)27/h2-8,10-15,20,26-29H,9,16-19H2,1H3,(H,33,38)(H,34,35)(H,36,37)/t20-,26-,28+,29+/m0/s1. The Morgan fingerprint density at radius 2 is 1.52 bits per heavy atom. The number of hydrogen-bond donors (Lipinski definition) is 3. The highest BCUT2D eigenvalue weighted by Gasteiger charge is 2.38. The number of aliphatic carboxylic acids is 1. The number of ether oxygens (including phenoxy) is 2. The summed E-state index contributed by atoms with van der Waals surface area (Å²) in [7, 11) is 0. The van der Waals surface area contributed by atoms with Crippen LogP contribution in [0, 0.1) is 5.92 Å². The smallest absolute Gasteiger partial charge is 0.407 e. The Hall–Kier alpha value is -4.17. The van der Waals surface area contributed by atoms with Crippen LogP contribution in [0.2, 0.25) is 0 Å². The molecule has 0 aromatic heterocycles. The number of amides is 2. The van der Waals surface area contributed by atoms with Crippen molar-refractivity contribution in [2.45, 2.75) is 56.9 Å². The van der Waals surface area contributed by atoms with Crippen LogP contribution in [0.1, 0.15) is 48.8 Å². The maximum atomic E-state index is 13.2. The van der Waals surface area contributed by atoms with Gasteiger partial charge in [0.15, 0.2) is 6.04 Å². The molecule has 8 nitrogen and oxygen atoms in total. The van der Waals surface area contributed by atoms with Crippen LogP contribution >= 0.6 is 0 Å². The van der Waals surface area contributed by atoms with Gasteiger partial charge in [0.1, 0.15) is 6.61 Å². The van der Waals surface area contributed by atoms with Crippen molar-refractivity contribution >= 4 is 18.0 Å². The molecule has 0 spiro atoms. The molecular formula is C32H34N2O6. The van der Waals surface area contributed by atoms with Crippen molar-refractivity contribution in [3.05, 3.63) is 95.6 Å². The van der Waals surface area contributed by atoms with E-state index >= 15 is 0 Å². The lowest BCUT2D eigenvalue weighted by molar-refractivity contribution is -0.147. The summed E-state index contributed by atoms with van der Waals surface area (Å²) >= 11 is 0. The lowest BCUT2D eigenvalue weighted by Crippen LogP contribution is -2.53. The van der Waals surface area contributed by atoms with Gasteiger partial charge in [-0.2, -0.15) is 0 Å². The van der Waals surface area contributed by atoms with E-state index in [1.807, 2.05) is 54.6 Å². The normalized spacial score (nSPS) is 19.2. The third-order valence-corrected chi connectivity index (χ3v) is 7.89. The molecule has 3 N–H and O–H groups in total. The van der Waals surface area contributed by atoms with Crippen LogP contribution in [0.4, 0.5) is 4.79 Å². The van der Waals surface area contributed by atoms with Gasteiger partial charge < -0.3 is 25.2 Å². The minimum absolute atomic E-state index is 0.0606. The quantitative estimate of drug-likeness (QED) is 0.337. The molecule has 5 rings (SSSR count). The van der Waals surface area contributed by atoms with Crippen molar-refractivity contribution in [3.8, 4) is 11.1 Å². The zero-order valence-electron chi connectivity index (χ0n) is 22.4. The second-order valence-corrected chi connectivity index (χ2v) is 10.4. The number of carboxylic acids is 1. The van der Waals surface area contributed by atoms with Gasteiger partial charge in [0, 0.05) is 12.0 Å². The monoisotopic (exact) mass is 542 g/mol. The minimum atomic E-state index is -1.22. The number of carbonyl (C=O) groups is 3. The van der Waals surface area contributed by atoms with Gasteiger partial charge in [-0.05, 0) is 47.6 Å². The molecule has 0 unspecified atom stereocenters. The Morgan fingerprint density at radius 1 is 0.900 bits per heavy atom. The molecule has 0 aliphatic heterocycles. The third-order valence-electron chi connectivity index (χ3n) is 7.89. The largest absolute Gasteiger partial charge is 0.480 e. The molecule has 0 radical (unpaired) electrons. The Balaban J connectivity index is 1.16. The van der Waals surface area contributed by atoms with E-state index in [0.29, 0.717) is 12.8 Å². The number of rotatable bonds is 10. The number of hydrogen-bond acceptors (Lipinski definition) is 5. The maximum absolute atomic E-state index is 13.2. The van der Waals surface area contributed by atoms with Crippen LogP contribution in [-0.4, -0.2) is 47.9 Å². The highest BCUT2D eigenvalue weighted by atomic mass is 16.5. The van der Waals surface area contributed by atoms with E-state index in [-0.39, 0.29) is 19.1 Å². The second kappa shape index (κ2) is 12.3. The predicted molar refractivity (Wildman–Crippen MR) is 150 cm³/mol. The number of fused-ring (bicyclic) bond motifs is 3. The minimum Gasteiger partial charge on any atom is -0.480 e. The van der Waals surface area contributed by atoms with Crippen molar-refractivity contribution < 1.29 is 29.0 Å². The molecule has 2 aliphatic carbocycles. The van der Waals surface area contributed by atoms with Gasteiger partial charge in [-0.15, -0.1) is 0 Å². The lowest BCUT2D eigenvalue weighted by atomic mass is 9.98. The van der Waals surface area contributed by atoms with Crippen LogP contribution in [0.3, 0.4) is 0 Å². The summed E-state index contributed by atoms with van der Waals surface area (Å²) in [6.45, 7) is 2.04. The zero-order valence-corrected chi connectivity index (χ0v) is 22.4. The van der Waals surface area contributed by atoms with E-state index in [1.165, 1.54) is 0 Å². The van der Waals surface area contributed by atoms with Gasteiger partial charge >= 0.3 is 12.1 Å². The highest BCUT2D eigenvalue weighted by molar-refractivity contribution is 5.86. The number of alkyl carbamates (subject to hydrolysis) is 1. The predicted octanol–water partition coefficient (Wildman–Crippen LogP) is 4.87. The fourth-order valence-corrected chi connectivity index (χ4v) is 5.78. The molecule has 3 aromatic rings. The number of carboxylic acid groups (broad SMARTS) is 1. The molecule has 208 valence electrons. The summed E-state index contributed by atoms with van der Waals surface area (Å²) in [5.74, 6) is -2.20. The van der Waals surface area contributed by atoms with E-state index in [2.05, 4.69) is 34.9 Å². The van der Waals surface area contributed by atoms with Gasteiger partial charge in [-0.25, -0.2) is 9.59 Å². The van der Waals surface area contributed by atoms with Crippen LogP contribution in [-0.2, 0) is 25.7 Å². The number of carbonyl (C=O) groups excluding carboxylic acids is 2. The summed E-state index contributed by atoms with van der Waals surface area (Å²) in [6, 6.07) is 24.0. The first-order chi connectivity index (χ1) is 19.4. The average Bonchev–Trinajstić information content (AvgIpc) is 3.56. The first kappa shape index (κ1) is 27.4. The lowest BCUT2D eigenvalue weighted by Gasteiger charge is -2.26. The van der Waals surface area contributed by atoms with E-state index in [4.69, 9.17) is 9.47 Å². The summed E-state index contributed by atoms with van der Waals surface area (Å²) in [4.78, 5) is 37.9. The molecule has 1 fully saturated rings. The Labute approximate surface area is 233 Å². The first-order valence-electron chi connectivity index (χ1n) is 13.7. The van der Waals surface area contributed by atoms with Crippen molar-refractivity contribution in [1.82, 2.24) is 10.6 Å².